The third-order valence-electron chi connectivity index (χ3n) is 4.02. The SMILES string of the molecule is C[C@@H]1CCN(C(=O)NC/C=C/S(C)(=O)=O)[C@@H](c2ccccc2)C1. The Kier molecular flexibility index (Phi) is 5.82. The van der Waals surface area contributed by atoms with E-state index in [1.165, 1.54) is 6.08 Å². The van der Waals surface area contributed by atoms with Gasteiger partial charge in [-0.05, 0) is 24.3 Å². The molecule has 1 saturated heterocycles. The van der Waals surface area contributed by atoms with E-state index in [0.29, 0.717) is 12.5 Å². The predicted molar refractivity (Wildman–Crippen MR) is 91.7 cm³/mol. The van der Waals surface area contributed by atoms with E-state index in [2.05, 4.69) is 12.2 Å². The van der Waals surface area contributed by atoms with Gasteiger partial charge in [0, 0.05) is 24.8 Å². The van der Waals surface area contributed by atoms with Crippen molar-refractivity contribution < 1.29 is 13.2 Å². The molecule has 6 heteroatoms. The number of carbonyl (C=O) groups is 1. The van der Waals surface area contributed by atoms with Crippen LogP contribution >= 0.6 is 0 Å². The first-order chi connectivity index (χ1) is 10.9. The molecule has 126 valence electrons. The summed E-state index contributed by atoms with van der Waals surface area (Å²) in [6.07, 6.45) is 4.51. The molecule has 1 heterocycles. The first-order valence-electron chi connectivity index (χ1n) is 7.83. The summed E-state index contributed by atoms with van der Waals surface area (Å²) in [7, 11) is -3.15. The number of carbonyl (C=O) groups excluding carboxylic acids is 1. The van der Waals surface area contributed by atoms with E-state index in [9.17, 15) is 13.2 Å². The summed E-state index contributed by atoms with van der Waals surface area (Å²) in [5.74, 6) is 0.578. The highest BCUT2D eigenvalue weighted by atomic mass is 32.2. The standard InChI is InChI=1S/C17H24N2O3S/c1-14-9-11-19(16(13-14)15-7-4-3-5-8-15)17(20)18-10-6-12-23(2,21)22/h3-8,12,14,16H,9-11,13H2,1-2H3,(H,18,20)/b12-6+/t14-,16-/m1/s1. The van der Waals surface area contributed by atoms with Gasteiger partial charge in [-0.15, -0.1) is 0 Å². The summed E-state index contributed by atoms with van der Waals surface area (Å²) < 4.78 is 22.1. The van der Waals surface area contributed by atoms with E-state index in [0.717, 1.165) is 30.1 Å². The Morgan fingerprint density at radius 1 is 1.35 bits per heavy atom. The van der Waals surface area contributed by atoms with Crippen LogP contribution in [0.25, 0.3) is 0 Å². The van der Waals surface area contributed by atoms with E-state index in [1.807, 2.05) is 35.2 Å². The van der Waals surface area contributed by atoms with Crippen molar-refractivity contribution in [3.05, 3.63) is 47.4 Å². The Morgan fingerprint density at radius 2 is 2.04 bits per heavy atom. The largest absolute Gasteiger partial charge is 0.334 e. The molecule has 23 heavy (non-hydrogen) atoms. The molecule has 0 radical (unpaired) electrons. The zero-order valence-electron chi connectivity index (χ0n) is 13.6. The molecular weight excluding hydrogens is 312 g/mol. The third-order valence-corrected chi connectivity index (χ3v) is 4.71. The molecule has 5 nitrogen and oxygen atoms in total. The molecule has 0 unspecified atom stereocenters. The molecular formula is C17H24N2O3S. The number of likely N-dealkylation sites (tertiary alicyclic amines) is 1. The molecule has 1 aliphatic rings. The fourth-order valence-electron chi connectivity index (χ4n) is 2.85. The number of hydrogen-bond donors (Lipinski definition) is 1. The van der Waals surface area contributed by atoms with E-state index in [-0.39, 0.29) is 18.6 Å². The van der Waals surface area contributed by atoms with Crippen molar-refractivity contribution in [3.63, 3.8) is 0 Å². The highest BCUT2D eigenvalue weighted by molar-refractivity contribution is 7.93. The first kappa shape index (κ1) is 17.5. The van der Waals surface area contributed by atoms with Crippen LogP contribution in [-0.4, -0.2) is 38.7 Å². The maximum atomic E-state index is 12.4. The number of sulfone groups is 1. The summed E-state index contributed by atoms with van der Waals surface area (Å²) in [6, 6.07) is 9.96. The molecule has 1 aliphatic heterocycles. The average molecular weight is 336 g/mol. The Hall–Kier alpha value is -1.82. The number of nitrogens with zero attached hydrogens (tertiary/aromatic N) is 1. The van der Waals surface area contributed by atoms with Crippen LogP contribution in [0.15, 0.2) is 41.8 Å². The van der Waals surface area contributed by atoms with Crippen molar-refractivity contribution in [2.24, 2.45) is 5.92 Å². The Morgan fingerprint density at radius 3 is 2.70 bits per heavy atom. The van der Waals surface area contributed by atoms with Gasteiger partial charge in [-0.3, -0.25) is 0 Å². The van der Waals surface area contributed by atoms with Gasteiger partial charge in [0.15, 0.2) is 9.84 Å². The quantitative estimate of drug-likeness (QED) is 0.919. The molecule has 0 aliphatic carbocycles. The molecule has 1 aromatic carbocycles. The smallest absolute Gasteiger partial charge is 0.318 e. The van der Waals surface area contributed by atoms with Gasteiger partial charge in [0.2, 0.25) is 0 Å². The molecule has 0 saturated carbocycles. The van der Waals surface area contributed by atoms with Crippen molar-refractivity contribution in [2.45, 2.75) is 25.8 Å². The minimum Gasteiger partial charge on any atom is -0.334 e. The second-order valence-corrected chi connectivity index (χ2v) is 8.07. The normalized spacial score (nSPS) is 22.3. The van der Waals surface area contributed by atoms with Crippen molar-refractivity contribution in [2.75, 3.05) is 19.3 Å². The van der Waals surface area contributed by atoms with Crippen molar-refractivity contribution in [3.8, 4) is 0 Å². The van der Waals surface area contributed by atoms with Crippen LogP contribution in [0.3, 0.4) is 0 Å². The predicted octanol–water partition coefficient (Wildman–Crippen LogP) is 2.73. The number of nitrogens with one attached hydrogen (secondary N) is 1. The van der Waals surface area contributed by atoms with Crippen LogP contribution in [0, 0.1) is 5.92 Å². The topological polar surface area (TPSA) is 66.5 Å². The van der Waals surface area contributed by atoms with E-state index in [4.69, 9.17) is 0 Å². The Bertz CT molecular complexity index is 656. The van der Waals surface area contributed by atoms with E-state index < -0.39 is 9.84 Å². The fraction of sp³-hybridized carbons (Fsp3) is 0.471. The monoisotopic (exact) mass is 336 g/mol. The summed E-state index contributed by atoms with van der Waals surface area (Å²) in [5.41, 5.74) is 1.14. The highest BCUT2D eigenvalue weighted by Crippen LogP contribution is 2.33. The van der Waals surface area contributed by atoms with Crippen LogP contribution in [-0.2, 0) is 9.84 Å². The van der Waals surface area contributed by atoms with Crippen LogP contribution in [0.1, 0.15) is 31.4 Å². The van der Waals surface area contributed by atoms with Gasteiger partial charge in [0.1, 0.15) is 0 Å². The lowest BCUT2D eigenvalue weighted by molar-refractivity contribution is 0.132. The third kappa shape index (κ3) is 5.39. The summed E-state index contributed by atoms with van der Waals surface area (Å²) in [4.78, 5) is 14.3. The number of amides is 2. The minimum absolute atomic E-state index is 0.0684. The van der Waals surface area contributed by atoms with Crippen LogP contribution in [0.2, 0.25) is 0 Å². The lowest BCUT2D eigenvalue weighted by atomic mass is 9.88. The zero-order chi connectivity index (χ0) is 16.9. The molecule has 1 N–H and O–H groups in total. The second-order valence-electron chi connectivity index (χ2n) is 6.14. The van der Waals surface area contributed by atoms with Gasteiger partial charge >= 0.3 is 6.03 Å². The maximum Gasteiger partial charge on any atom is 0.318 e. The lowest BCUT2D eigenvalue weighted by Crippen LogP contribution is -2.46. The van der Waals surface area contributed by atoms with Gasteiger partial charge in [0.05, 0.1) is 6.04 Å². The molecule has 0 spiro atoms. The van der Waals surface area contributed by atoms with Crippen molar-refractivity contribution in [1.82, 2.24) is 10.2 Å². The number of hydrogen-bond acceptors (Lipinski definition) is 3. The van der Waals surface area contributed by atoms with Crippen LogP contribution in [0.5, 0.6) is 0 Å². The van der Waals surface area contributed by atoms with Gasteiger partial charge < -0.3 is 10.2 Å². The first-order valence-corrected chi connectivity index (χ1v) is 9.78. The fourth-order valence-corrected chi connectivity index (χ4v) is 3.29. The number of urea groups is 1. The Labute approximate surface area is 138 Å². The molecule has 0 aromatic heterocycles. The number of piperidine rings is 1. The zero-order valence-corrected chi connectivity index (χ0v) is 14.4. The Balaban J connectivity index is 2.03. The maximum absolute atomic E-state index is 12.4. The van der Waals surface area contributed by atoms with Crippen LogP contribution in [0.4, 0.5) is 4.79 Å². The van der Waals surface area contributed by atoms with Gasteiger partial charge in [0.25, 0.3) is 0 Å². The molecule has 1 fully saturated rings. The number of rotatable bonds is 4. The van der Waals surface area contributed by atoms with E-state index >= 15 is 0 Å². The second kappa shape index (κ2) is 7.64. The molecule has 1 aromatic rings. The molecule has 2 rings (SSSR count). The minimum atomic E-state index is -3.15. The summed E-state index contributed by atoms with van der Waals surface area (Å²) >= 11 is 0. The summed E-state index contributed by atoms with van der Waals surface area (Å²) in [6.45, 7) is 3.13. The lowest BCUT2D eigenvalue weighted by Gasteiger charge is -2.38. The van der Waals surface area contributed by atoms with E-state index in [1.54, 1.807) is 0 Å². The average Bonchev–Trinajstić information content (AvgIpc) is 2.51. The highest BCUT2D eigenvalue weighted by Gasteiger charge is 2.30. The van der Waals surface area contributed by atoms with Gasteiger partial charge in [-0.2, -0.15) is 0 Å². The van der Waals surface area contributed by atoms with Crippen molar-refractivity contribution >= 4 is 15.9 Å². The summed E-state index contributed by atoms with van der Waals surface area (Å²) in [5, 5.41) is 3.89. The van der Waals surface area contributed by atoms with Crippen molar-refractivity contribution in [1.29, 1.82) is 0 Å². The number of benzene rings is 1. The molecule has 2 amide bonds. The van der Waals surface area contributed by atoms with Gasteiger partial charge in [-0.1, -0.05) is 43.3 Å². The molecule has 0 bridgehead atoms. The molecule has 2 atom stereocenters. The van der Waals surface area contributed by atoms with Gasteiger partial charge in [-0.25, -0.2) is 13.2 Å². The van der Waals surface area contributed by atoms with Crippen LogP contribution < -0.4 is 5.32 Å².